The van der Waals surface area contributed by atoms with Gasteiger partial charge in [-0.3, -0.25) is 14.5 Å². The van der Waals surface area contributed by atoms with Crippen LogP contribution in [-0.4, -0.2) is 29.7 Å². The number of hydrogen-bond donors (Lipinski definition) is 1. The monoisotopic (exact) mass is 491 g/mol. The summed E-state index contributed by atoms with van der Waals surface area (Å²) in [5, 5.41) is 11.6. The zero-order valence-corrected chi connectivity index (χ0v) is 19.8. The lowest BCUT2D eigenvalue weighted by molar-refractivity contribution is -0.132. The molecule has 2 aliphatic rings. The summed E-state index contributed by atoms with van der Waals surface area (Å²) in [6.45, 7) is 3.92. The molecule has 178 valence electrons. The van der Waals surface area contributed by atoms with Gasteiger partial charge >= 0.3 is 0 Å². The Kier molecular flexibility index (Phi) is 5.86. The Bertz CT molecular complexity index is 1350. The molecule has 1 saturated heterocycles. The van der Waals surface area contributed by atoms with E-state index in [2.05, 4.69) is 0 Å². The Morgan fingerprint density at radius 3 is 2.49 bits per heavy atom. The van der Waals surface area contributed by atoms with Crippen LogP contribution < -0.4 is 19.1 Å². The van der Waals surface area contributed by atoms with Crippen molar-refractivity contribution in [1.82, 2.24) is 0 Å². The lowest BCUT2D eigenvalue weighted by Crippen LogP contribution is -2.29. The second kappa shape index (κ2) is 9.00. The molecule has 2 aliphatic heterocycles. The maximum absolute atomic E-state index is 13.3. The Labute approximate surface area is 207 Å². The number of amides is 1. The summed E-state index contributed by atoms with van der Waals surface area (Å²) in [4.78, 5) is 28.0. The minimum Gasteiger partial charge on any atom is -0.507 e. The highest BCUT2D eigenvalue weighted by atomic mass is 35.5. The molecule has 0 spiro atoms. The highest BCUT2D eigenvalue weighted by molar-refractivity contribution is 6.51. The quantitative estimate of drug-likeness (QED) is 0.289. The largest absolute Gasteiger partial charge is 0.507 e. The summed E-state index contributed by atoms with van der Waals surface area (Å²) in [6.07, 6.45) is -0.0112. The molecular weight excluding hydrogens is 470 g/mol. The Morgan fingerprint density at radius 2 is 1.77 bits per heavy atom. The average molecular weight is 492 g/mol. The fourth-order valence-electron chi connectivity index (χ4n) is 4.24. The molecule has 0 radical (unpaired) electrons. The molecule has 1 amide bonds. The van der Waals surface area contributed by atoms with E-state index in [9.17, 15) is 14.7 Å². The van der Waals surface area contributed by atoms with Gasteiger partial charge in [-0.2, -0.15) is 0 Å². The van der Waals surface area contributed by atoms with Crippen molar-refractivity contribution < 1.29 is 28.9 Å². The number of rotatable bonds is 5. The van der Waals surface area contributed by atoms with Gasteiger partial charge in [-0.25, -0.2) is 0 Å². The third-order valence-corrected chi connectivity index (χ3v) is 5.98. The highest BCUT2D eigenvalue weighted by Crippen LogP contribution is 2.45. The summed E-state index contributed by atoms with van der Waals surface area (Å²) >= 11 is 6.12. The highest BCUT2D eigenvalue weighted by Gasteiger charge is 2.47. The number of Topliss-reactive ketones (excluding diaryl/α,β-unsaturated/α-hetero) is 1. The summed E-state index contributed by atoms with van der Waals surface area (Å²) in [7, 11) is 0. The van der Waals surface area contributed by atoms with Crippen LogP contribution in [-0.2, 0) is 9.59 Å². The van der Waals surface area contributed by atoms with Gasteiger partial charge < -0.3 is 19.3 Å². The van der Waals surface area contributed by atoms with Crippen molar-refractivity contribution in [1.29, 1.82) is 0 Å². The third kappa shape index (κ3) is 4.19. The van der Waals surface area contributed by atoms with Gasteiger partial charge in [0.25, 0.3) is 11.7 Å². The van der Waals surface area contributed by atoms with Crippen LogP contribution in [0.15, 0.2) is 72.3 Å². The SMILES string of the molecule is CC(C)Oc1ccc(C2/C(=C(\O)c3cccc(Cl)c3)C(=O)C(=O)N2c2ccc3c(c2)OCO3)cc1. The van der Waals surface area contributed by atoms with Crippen LogP contribution in [0.3, 0.4) is 0 Å². The van der Waals surface area contributed by atoms with Gasteiger partial charge in [-0.05, 0) is 55.8 Å². The van der Waals surface area contributed by atoms with E-state index >= 15 is 0 Å². The van der Waals surface area contributed by atoms with Crippen LogP contribution in [0.5, 0.6) is 17.2 Å². The summed E-state index contributed by atoms with van der Waals surface area (Å²) in [5.74, 6) is -0.192. The van der Waals surface area contributed by atoms with E-state index < -0.39 is 17.7 Å². The summed E-state index contributed by atoms with van der Waals surface area (Å²) < 4.78 is 16.6. The molecule has 0 aliphatic carbocycles. The molecule has 1 unspecified atom stereocenters. The van der Waals surface area contributed by atoms with Gasteiger partial charge in [0, 0.05) is 22.3 Å². The van der Waals surface area contributed by atoms with Gasteiger partial charge in [0.1, 0.15) is 11.5 Å². The van der Waals surface area contributed by atoms with Crippen molar-refractivity contribution in [3.05, 3.63) is 88.5 Å². The smallest absolute Gasteiger partial charge is 0.300 e. The number of halogens is 1. The van der Waals surface area contributed by atoms with E-state index in [1.807, 2.05) is 13.8 Å². The first-order chi connectivity index (χ1) is 16.8. The van der Waals surface area contributed by atoms with Crippen LogP contribution in [0.25, 0.3) is 5.76 Å². The third-order valence-electron chi connectivity index (χ3n) is 5.74. The van der Waals surface area contributed by atoms with Gasteiger partial charge in [0.2, 0.25) is 6.79 Å². The molecule has 2 heterocycles. The molecule has 3 aromatic carbocycles. The molecule has 3 aromatic rings. The van der Waals surface area contributed by atoms with Crippen molar-refractivity contribution in [3.63, 3.8) is 0 Å². The first-order valence-electron chi connectivity index (χ1n) is 11.1. The van der Waals surface area contributed by atoms with Gasteiger partial charge in [0.15, 0.2) is 11.5 Å². The molecule has 35 heavy (non-hydrogen) atoms. The number of aliphatic hydroxyl groups is 1. The molecular formula is C27H22ClNO6. The van der Waals surface area contributed by atoms with Crippen molar-refractivity contribution in [2.75, 3.05) is 11.7 Å². The number of hydrogen-bond acceptors (Lipinski definition) is 6. The second-order valence-corrected chi connectivity index (χ2v) is 8.89. The number of ether oxygens (including phenoxy) is 3. The number of anilines is 1. The second-order valence-electron chi connectivity index (χ2n) is 8.45. The van der Waals surface area contributed by atoms with Crippen molar-refractivity contribution >= 4 is 34.7 Å². The number of ketones is 1. The average Bonchev–Trinajstić information content (AvgIpc) is 3.41. The first-order valence-corrected chi connectivity index (χ1v) is 11.4. The lowest BCUT2D eigenvalue weighted by Gasteiger charge is -2.26. The van der Waals surface area contributed by atoms with Gasteiger partial charge in [-0.1, -0.05) is 35.9 Å². The summed E-state index contributed by atoms with van der Waals surface area (Å²) in [6, 6.07) is 17.7. The first kappa shape index (κ1) is 22.8. The van der Waals surface area contributed by atoms with Crippen molar-refractivity contribution in [2.24, 2.45) is 0 Å². The van der Waals surface area contributed by atoms with E-state index in [1.54, 1.807) is 66.7 Å². The molecule has 1 fully saturated rings. The number of carbonyl (C=O) groups is 2. The van der Waals surface area contributed by atoms with Crippen molar-refractivity contribution in [2.45, 2.75) is 26.0 Å². The molecule has 0 bridgehead atoms. The normalized spacial score (nSPS) is 18.4. The molecule has 1 atom stereocenters. The van der Waals surface area contributed by atoms with E-state index in [-0.39, 0.29) is 24.2 Å². The van der Waals surface area contributed by atoms with E-state index in [0.29, 0.717) is 39.1 Å². The number of benzene rings is 3. The minimum absolute atomic E-state index is 0.0112. The van der Waals surface area contributed by atoms with Crippen molar-refractivity contribution in [3.8, 4) is 17.2 Å². The van der Waals surface area contributed by atoms with Crippen LogP contribution in [0.4, 0.5) is 5.69 Å². The van der Waals surface area contributed by atoms with E-state index in [0.717, 1.165) is 0 Å². The summed E-state index contributed by atoms with van der Waals surface area (Å²) in [5.41, 5.74) is 1.37. The predicted molar refractivity (Wildman–Crippen MR) is 131 cm³/mol. The fraction of sp³-hybridized carbons (Fsp3) is 0.185. The Balaban J connectivity index is 1.67. The Morgan fingerprint density at radius 1 is 1.03 bits per heavy atom. The lowest BCUT2D eigenvalue weighted by atomic mass is 9.95. The molecule has 0 saturated carbocycles. The molecule has 5 rings (SSSR count). The number of nitrogens with zero attached hydrogens (tertiary/aromatic N) is 1. The van der Waals surface area contributed by atoms with Crippen LogP contribution in [0, 0.1) is 0 Å². The van der Waals surface area contributed by atoms with Gasteiger partial charge in [-0.15, -0.1) is 0 Å². The predicted octanol–water partition coefficient (Wildman–Crippen LogP) is 5.48. The van der Waals surface area contributed by atoms with Crippen LogP contribution >= 0.6 is 11.6 Å². The molecule has 0 aromatic heterocycles. The van der Waals surface area contributed by atoms with E-state index in [4.69, 9.17) is 25.8 Å². The van der Waals surface area contributed by atoms with Crippen LogP contribution in [0.2, 0.25) is 5.02 Å². The van der Waals surface area contributed by atoms with E-state index in [1.165, 1.54) is 4.90 Å². The topological polar surface area (TPSA) is 85.3 Å². The molecule has 8 heteroatoms. The standard InChI is InChI=1S/C27H22ClNO6/c1-15(2)35-20-9-6-16(7-10-20)24-23(25(30)17-4-3-5-18(28)12-17)26(31)27(32)29(24)19-8-11-21-22(13-19)34-14-33-21/h3-13,15,24,30H,14H2,1-2H3/b25-23+. The number of fused-ring (bicyclic) bond motifs is 1. The van der Waals surface area contributed by atoms with Gasteiger partial charge in [0.05, 0.1) is 17.7 Å². The fourth-order valence-corrected chi connectivity index (χ4v) is 4.43. The Hall–Kier alpha value is -3.97. The zero-order valence-electron chi connectivity index (χ0n) is 19.0. The maximum atomic E-state index is 13.3. The van der Waals surface area contributed by atoms with Crippen LogP contribution in [0.1, 0.15) is 31.0 Å². The maximum Gasteiger partial charge on any atom is 0.300 e. The molecule has 7 nitrogen and oxygen atoms in total. The zero-order chi connectivity index (χ0) is 24.7. The number of carbonyl (C=O) groups excluding carboxylic acids is 2. The minimum atomic E-state index is -0.887. The number of aliphatic hydroxyl groups excluding tert-OH is 1. The molecule has 1 N–H and O–H groups in total.